The van der Waals surface area contributed by atoms with Gasteiger partial charge in [-0.25, -0.2) is 18.1 Å². The molecule has 1 heterocycles. The zero-order valence-electron chi connectivity index (χ0n) is 17.7. The molecule has 0 saturated carbocycles. The molecule has 8 nitrogen and oxygen atoms in total. The van der Waals surface area contributed by atoms with Crippen LogP contribution in [0.25, 0.3) is 10.9 Å². The van der Waals surface area contributed by atoms with Gasteiger partial charge in [-0.05, 0) is 47.1 Å². The van der Waals surface area contributed by atoms with E-state index in [1.165, 1.54) is 24.9 Å². The number of hydrogen-bond donors (Lipinski definition) is 1. The van der Waals surface area contributed by atoms with Gasteiger partial charge >= 0.3 is 6.18 Å². The second-order valence-corrected chi connectivity index (χ2v) is 9.47. The molecule has 0 unspecified atom stereocenters. The van der Waals surface area contributed by atoms with E-state index in [9.17, 15) is 26.4 Å². The molecule has 3 rings (SSSR count). The molecule has 2 aromatic carbocycles. The van der Waals surface area contributed by atoms with E-state index in [4.69, 9.17) is 9.47 Å². The van der Waals surface area contributed by atoms with Gasteiger partial charge in [0.1, 0.15) is 5.82 Å². The number of methoxy groups -OCH3 is 2. The van der Waals surface area contributed by atoms with Gasteiger partial charge in [0.25, 0.3) is 5.56 Å². The number of aromatic nitrogens is 2. The first-order valence-corrected chi connectivity index (χ1v) is 11.7. The number of sulfonamides is 1. The van der Waals surface area contributed by atoms with Crippen molar-refractivity contribution in [3.05, 3.63) is 56.5 Å². The molecule has 0 aliphatic carbocycles. The summed E-state index contributed by atoms with van der Waals surface area (Å²) < 4.78 is 77.4. The average molecular weight is 550 g/mol. The topological polar surface area (TPSA) is 99.5 Å². The summed E-state index contributed by atoms with van der Waals surface area (Å²) in [7, 11) is -1.26. The molecule has 178 valence electrons. The molecule has 13 heteroatoms. The molecule has 0 atom stereocenters. The fraction of sp³-hybridized carbons (Fsp3) is 0.300. The van der Waals surface area contributed by atoms with Crippen LogP contribution in [0.2, 0.25) is 0 Å². The van der Waals surface area contributed by atoms with Crippen molar-refractivity contribution in [2.24, 2.45) is 0 Å². The van der Waals surface area contributed by atoms with Gasteiger partial charge in [-0.3, -0.25) is 9.36 Å². The lowest BCUT2D eigenvalue weighted by atomic mass is 10.2. The Balaban J connectivity index is 1.85. The highest BCUT2D eigenvalue weighted by atomic mass is 79.9. The predicted octanol–water partition coefficient (Wildman–Crippen LogP) is 3.48. The summed E-state index contributed by atoms with van der Waals surface area (Å²) in [5.74, 6) is 1.09. The highest BCUT2D eigenvalue weighted by Gasteiger charge is 2.32. The van der Waals surface area contributed by atoms with Crippen molar-refractivity contribution in [2.45, 2.75) is 24.5 Å². The molecule has 1 N–H and O–H groups in total. The maximum atomic E-state index is 13.0. The van der Waals surface area contributed by atoms with Gasteiger partial charge in [0, 0.05) is 23.6 Å². The Hall–Kier alpha value is -2.64. The third kappa shape index (κ3) is 5.14. The first-order valence-electron chi connectivity index (χ1n) is 9.38. The quantitative estimate of drug-likeness (QED) is 0.484. The number of ether oxygens (including phenoxy) is 2. The van der Waals surface area contributed by atoms with Gasteiger partial charge in [0.15, 0.2) is 11.5 Å². The van der Waals surface area contributed by atoms with E-state index in [2.05, 4.69) is 25.6 Å². The van der Waals surface area contributed by atoms with E-state index < -0.39 is 27.3 Å². The van der Waals surface area contributed by atoms with Crippen LogP contribution in [0, 0.1) is 6.92 Å². The summed E-state index contributed by atoms with van der Waals surface area (Å²) in [4.78, 5) is 17.0. The van der Waals surface area contributed by atoms with Crippen LogP contribution < -0.4 is 19.8 Å². The highest BCUT2D eigenvalue weighted by Crippen LogP contribution is 2.33. The standard InChI is InChI=1S/C20H19BrF3N3O5S/c1-11-26-15-10-17(32-3)16(31-2)9-13(15)19(28)27(11)7-6-25-33(29,30)18-5-4-12(8-14(18)21)20(22,23)24/h4-5,8-10,25H,6-7H2,1-3H3. The molecule has 0 aliphatic rings. The van der Waals surface area contributed by atoms with Gasteiger partial charge in [-0.2, -0.15) is 13.2 Å². The molecule has 0 amide bonds. The van der Waals surface area contributed by atoms with Crippen LogP contribution in [-0.4, -0.2) is 38.7 Å². The van der Waals surface area contributed by atoms with Crippen LogP contribution in [-0.2, 0) is 22.7 Å². The lowest BCUT2D eigenvalue weighted by Gasteiger charge is -2.14. The summed E-state index contributed by atoms with van der Waals surface area (Å²) in [6, 6.07) is 5.30. The van der Waals surface area contributed by atoms with Gasteiger partial charge in [-0.15, -0.1) is 0 Å². The SMILES string of the molecule is COc1cc2nc(C)n(CCNS(=O)(=O)c3ccc(C(F)(F)F)cc3Br)c(=O)c2cc1OC. The van der Waals surface area contributed by atoms with E-state index in [1.54, 1.807) is 13.0 Å². The number of benzene rings is 2. The van der Waals surface area contributed by atoms with Crippen molar-refractivity contribution in [1.82, 2.24) is 14.3 Å². The largest absolute Gasteiger partial charge is 0.493 e. The minimum atomic E-state index is -4.60. The number of halogens is 4. The lowest BCUT2D eigenvalue weighted by molar-refractivity contribution is -0.137. The molecule has 0 saturated heterocycles. The zero-order valence-corrected chi connectivity index (χ0v) is 20.1. The maximum absolute atomic E-state index is 13.0. The van der Waals surface area contributed by atoms with Crippen molar-refractivity contribution in [1.29, 1.82) is 0 Å². The molecule has 33 heavy (non-hydrogen) atoms. The first-order chi connectivity index (χ1) is 15.4. The highest BCUT2D eigenvalue weighted by molar-refractivity contribution is 9.10. The van der Waals surface area contributed by atoms with E-state index in [0.29, 0.717) is 35.0 Å². The Kier molecular flexibility index (Phi) is 7.05. The number of nitrogens with zero attached hydrogens (tertiary/aromatic N) is 2. The number of rotatable bonds is 7. The summed E-state index contributed by atoms with van der Waals surface area (Å²) in [6.07, 6.45) is -4.60. The number of aryl methyl sites for hydroxylation is 1. The minimum absolute atomic E-state index is 0.0561. The average Bonchev–Trinajstić information content (AvgIpc) is 2.74. The predicted molar refractivity (Wildman–Crippen MR) is 118 cm³/mol. The number of nitrogens with one attached hydrogen (secondary N) is 1. The van der Waals surface area contributed by atoms with Gasteiger partial charge < -0.3 is 9.47 Å². The fourth-order valence-corrected chi connectivity index (χ4v) is 5.28. The Morgan fingerprint density at radius 3 is 2.33 bits per heavy atom. The van der Waals surface area contributed by atoms with Gasteiger partial charge in [-0.1, -0.05) is 0 Å². The van der Waals surface area contributed by atoms with Crippen LogP contribution in [0.15, 0.2) is 44.5 Å². The summed E-state index contributed by atoms with van der Waals surface area (Å²) in [5.41, 5.74) is -1.00. The number of hydrogen-bond acceptors (Lipinski definition) is 6. The molecular weight excluding hydrogens is 531 g/mol. The van der Waals surface area contributed by atoms with Crippen molar-refractivity contribution in [3.8, 4) is 11.5 Å². The third-order valence-electron chi connectivity index (χ3n) is 4.83. The molecule has 0 fully saturated rings. The maximum Gasteiger partial charge on any atom is 0.416 e. The fourth-order valence-electron chi connectivity index (χ4n) is 3.19. The molecular formula is C20H19BrF3N3O5S. The summed E-state index contributed by atoms with van der Waals surface area (Å²) >= 11 is 2.88. The smallest absolute Gasteiger partial charge is 0.416 e. The Labute approximate surface area is 195 Å². The molecule has 0 radical (unpaired) electrons. The Morgan fingerprint density at radius 2 is 1.76 bits per heavy atom. The number of fused-ring (bicyclic) bond motifs is 1. The van der Waals surface area contributed by atoms with Crippen LogP contribution in [0.3, 0.4) is 0 Å². The first kappa shape index (κ1) is 25.0. The Bertz CT molecular complexity index is 1370. The van der Waals surface area contributed by atoms with Crippen LogP contribution >= 0.6 is 15.9 Å². The van der Waals surface area contributed by atoms with Crippen molar-refractivity contribution >= 4 is 36.9 Å². The lowest BCUT2D eigenvalue weighted by Crippen LogP contribution is -2.32. The second kappa shape index (κ2) is 9.31. The zero-order chi connectivity index (χ0) is 24.6. The van der Waals surface area contributed by atoms with E-state index in [0.717, 1.165) is 6.07 Å². The summed E-state index contributed by atoms with van der Waals surface area (Å²) in [5, 5.41) is 0.256. The van der Waals surface area contributed by atoms with E-state index in [1.807, 2.05) is 0 Å². The second-order valence-electron chi connectivity index (χ2n) is 6.88. The van der Waals surface area contributed by atoms with Crippen LogP contribution in [0.4, 0.5) is 13.2 Å². The van der Waals surface area contributed by atoms with Crippen molar-refractivity contribution in [2.75, 3.05) is 20.8 Å². The Morgan fingerprint density at radius 1 is 1.12 bits per heavy atom. The molecule has 1 aromatic heterocycles. The van der Waals surface area contributed by atoms with Crippen LogP contribution in [0.1, 0.15) is 11.4 Å². The summed E-state index contributed by atoms with van der Waals surface area (Å²) in [6.45, 7) is 1.34. The molecule has 0 bridgehead atoms. The van der Waals surface area contributed by atoms with Crippen LogP contribution in [0.5, 0.6) is 11.5 Å². The minimum Gasteiger partial charge on any atom is -0.493 e. The van der Waals surface area contributed by atoms with E-state index >= 15 is 0 Å². The van der Waals surface area contributed by atoms with E-state index in [-0.39, 0.29) is 27.8 Å². The van der Waals surface area contributed by atoms with Gasteiger partial charge in [0.2, 0.25) is 10.0 Å². The van der Waals surface area contributed by atoms with Crippen molar-refractivity contribution < 1.29 is 31.1 Å². The monoisotopic (exact) mass is 549 g/mol. The molecule has 0 aliphatic heterocycles. The normalized spacial score (nSPS) is 12.2. The van der Waals surface area contributed by atoms with Gasteiger partial charge in [0.05, 0.1) is 35.6 Å². The van der Waals surface area contributed by atoms with Crippen molar-refractivity contribution in [3.63, 3.8) is 0 Å². The third-order valence-corrected chi connectivity index (χ3v) is 7.26. The molecule has 0 spiro atoms. The number of alkyl halides is 3. The molecule has 3 aromatic rings.